The molecule has 1 aliphatic rings. The van der Waals surface area contributed by atoms with Crippen LogP contribution in [0.1, 0.15) is 12.8 Å². The maximum Gasteiger partial charge on any atom is 0.228 e. The number of anilines is 1. The number of hydrogen-bond acceptors (Lipinski definition) is 3. The van der Waals surface area contributed by atoms with Gasteiger partial charge >= 0.3 is 0 Å². The minimum absolute atomic E-state index is 0.0750. The number of nitrogens with one attached hydrogen (secondary N) is 1. The van der Waals surface area contributed by atoms with Gasteiger partial charge in [0.1, 0.15) is 11.5 Å². The zero-order valence-corrected chi connectivity index (χ0v) is 12.6. The summed E-state index contributed by atoms with van der Waals surface area (Å²) in [5.41, 5.74) is 2.98. The normalized spacial score (nSPS) is 14.5. The Labute approximate surface area is 127 Å². The molecule has 0 unspecified atom stereocenters. The summed E-state index contributed by atoms with van der Waals surface area (Å²) in [6.07, 6.45) is 5.70. The van der Waals surface area contributed by atoms with E-state index >= 15 is 0 Å². The van der Waals surface area contributed by atoms with Crippen LogP contribution in [0.5, 0.6) is 0 Å². The highest BCUT2D eigenvalue weighted by Gasteiger charge is 2.29. The molecular weight excluding hydrogens is 278 g/mol. The lowest BCUT2D eigenvalue weighted by molar-refractivity contribution is -0.117. The van der Waals surface area contributed by atoms with Crippen molar-refractivity contribution in [2.45, 2.75) is 12.8 Å². The van der Waals surface area contributed by atoms with Crippen molar-refractivity contribution < 1.29 is 4.79 Å². The lowest BCUT2D eigenvalue weighted by Gasteiger charge is -2.05. The first-order chi connectivity index (χ1) is 10.6. The second-order valence-electron chi connectivity index (χ2n) is 5.86. The van der Waals surface area contributed by atoms with Crippen LogP contribution in [-0.4, -0.2) is 25.2 Å². The van der Waals surface area contributed by atoms with Crippen LogP contribution in [-0.2, 0) is 18.9 Å². The third kappa shape index (κ3) is 2.16. The minimum atomic E-state index is 0.0750. The first kappa shape index (κ1) is 13.1. The van der Waals surface area contributed by atoms with E-state index in [9.17, 15) is 4.79 Å². The summed E-state index contributed by atoms with van der Waals surface area (Å²) >= 11 is 0. The van der Waals surface area contributed by atoms with Crippen molar-refractivity contribution in [3.8, 4) is 11.4 Å². The third-order valence-corrected chi connectivity index (χ3v) is 4.10. The molecule has 0 saturated heterocycles. The predicted octanol–water partition coefficient (Wildman–Crippen LogP) is 2.32. The fourth-order valence-corrected chi connectivity index (χ4v) is 2.67. The van der Waals surface area contributed by atoms with Crippen LogP contribution in [0.25, 0.3) is 22.3 Å². The summed E-state index contributed by atoms with van der Waals surface area (Å²) in [5.74, 6) is 0.860. The molecule has 1 N–H and O–H groups in total. The molecule has 1 amide bonds. The number of nitrogens with zero attached hydrogens (tertiary/aromatic N) is 4. The monoisotopic (exact) mass is 295 g/mol. The van der Waals surface area contributed by atoms with Gasteiger partial charge in [0, 0.05) is 43.9 Å². The molecule has 112 valence electrons. The van der Waals surface area contributed by atoms with E-state index in [4.69, 9.17) is 0 Å². The zero-order chi connectivity index (χ0) is 15.3. The standard InChI is InChI=1S/C16H17N5O/c1-20-6-5-12(19-20)14-7-11-9-17-15(8-13(11)21(14)2)18-16(22)10-3-4-10/h5-10H,3-4H2,1-2H3,(H,17,18,22). The van der Waals surface area contributed by atoms with Crippen LogP contribution in [0.15, 0.2) is 30.6 Å². The van der Waals surface area contributed by atoms with Gasteiger partial charge in [0.2, 0.25) is 5.91 Å². The molecule has 6 nitrogen and oxygen atoms in total. The number of amides is 1. The summed E-state index contributed by atoms with van der Waals surface area (Å²) in [6.45, 7) is 0. The van der Waals surface area contributed by atoms with Crippen LogP contribution in [0.2, 0.25) is 0 Å². The van der Waals surface area contributed by atoms with E-state index in [0.29, 0.717) is 5.82 Å². The Bertz CT molecular complexity index is 872. The molecule has 1 saturated carbocycles. The average Bonchev–Trinajstić information content (AvgIpc) is 3.20. The Morgan fingerprint density at radius 3 is 2.82 bits per heavy atom. The van der Waals surface area contributed by atoms with Gasteiger partial charge in [0.25, 0.3) is 0 Å². The van der Waals surface area contributed by atoms with Gasteiger partial charge in [0.15, 0.2) is 0 Å². The van der Waals surface area contributed by atoms with Gasteiger partial charge in [-0.15, -0.1) is 0 Å². The Morgan fingerprint density at radius 1 is 1.32 bits per heavy atom. The lowest BCUT2D eigenvalue weighted by Crippen LogP contribution is -2.14. The summed E-state index contributed by atoms with van der Waals surface area (Å²) in [7, 11) is 3.90. The van der Waals surface area contributed by atoms with Gasteiger partial charge < -0.3 is 9.88 Å². The van der Waals surface area contributed by atoms with E-state index in [1.807, 2.05) is 32.4 Å². The molecule has 0 aliphatic heterocycles. The van der Waals surface area contributed by atoms with E-state index < -0.39 is 0 Å². The highest BCUT2D eigenvalue weighted by Crippen LogP contribution is 2.31. The van der Waals surface area contributed by atoms with Crippen LogP contribution >= 0.6 is 0 Å². The predicted molar refractivity (Wildman–Crippen MR) is 84.3 cm³/mol. The molecule has 0 spiro atoms. The smallest absolute Gasteiger partial charge is 0.228 e. The number of rotatable bonds is 3. The number of carbonyl (C=O) groups is 1. The van der Waals surface area contributed by atoms with Crippen molar-refractivity contribution in [2.24, 2.45) is 20.0 Å². The van der Waals surface area contributed by atoms with E-state index in [-0.39, 0.29) is 11.8 Å². The number of pyridine rings is 1. The van der Waals surface area contributed by atoms with Crippen molar-refractivity contribution in [3.63, 3.8) is 0 Å². The second kappa shape index (κ2) is 4.69. The van der Waals surface area contributed by atoms with Crippen LogP contribution < -0.4 is 5.32 Å². The van der Waals surface area contributed by atoms with Gasteiger partial charge in [-0.1, -0.05) is 0 Å². The van der Waals surface area contributed by atoms with Crippen molar-refractivity contribution >= 4 is 22.6 Å². The minimum Gasteiger partial charge on any atom is -0.342 e. The molecule has 1 fully saturated rings. The summed E-state index contributed by atoms with van der Waals surface area (Å²) < 4.78 is 3.86. The Hall–Kier alpha value is -2.63. The Balaban J connectivity index is 1.73. The quantitative estimate of drug-likeness (QED) is 0.806. The molecule has 4 rings (SSSR count). The molecule has 0 radical (unpaired) electrons. The maximum atomic E-state index is 11.9. The summed E-state index contributed by atoms with van der Waals surface area (Å²) in [5, 5.41) is 8.37. The Kier molecular flexibility index (Phi) is 2.79. The number of carbonyl (C=O) groups excluding carboxylic acids is 1. The molecule has 3 heterocycles. The molecule has 3 aromatic heterocycles. The first-order valence-electron chi connectivity index (χ1n) is 7.38. The molecule has 3 aromatic rings. The fourth-order valence-electron chi connectivity index (χ4n) is 2.67. The van der Waals surface area contributed by atoms with E-state index in [2.05, 4.69) is 26.0 Å². The second-order valence-corrected chi connectivity index (χ2v) is 5.86. The van der Waals surface area contributed by atoms with Gasteiger partial charge in [-0.2, -0.15) is 5.10 Å². The molecule has 1 aliphatic carbocycles. The number of hydrogen-bond donors (Lipinski definition) is 1. The van der Waals surface area contributed by atoms with Crippen molar-refractivity contribution in [1.29, 1.82) is 0 Å². The molecule has 0 bridgehead atoms. The zero-order valence-electron chi connectivity index (χ0n) is 12.6. The van der Waals surface area contributed by atoms with E-state index in [0.717, 1.165) is 35.1 Å². The Morgan fingerprint density at radius 2 is 2.14 bits per heavy atom. The highest BCUT2D eigenvalue weighted by atomic mass is 16.2. The van der Waals surface area contributed by atoms with Crippen LogP contribution in [0.4, 0.5) is 5.82 Å². The third-order valence-electron chi connectivity index (χ3n) is 4.10. The van der Waals surface area contributed by atoms with Crippen molar-refractivity contribution in [2.75, 3.05) is 5.32 Å². The lowest BCUT2D eigenvalue weighted by atomic mass is 10.3. The maximum absolute atomic E-state index is 11.9. The van der Waals surface area contributed by atoms with E-state index in [1.165, 1.54) is 0 Å². The SMILES string of the molecule is Cn1ccc(-c2cc3cnc(NC(=O)C4CC4)cc3n2C)n1. The van der Waals surface area contributed by atoms with E-state index in [1.54, 1.807) is 10.9 Å². The van der Waals surface area contributed by atoms with Gasteiger partial charge in [-0.3, -0.25) is 9.48 Å². The average molecular weight is 295 g/mol. The molecule has 22 heavy (non-hydrogen) atoms. The van der Waals surface area contributed by atoms with Crippen LogP contribution in [0.3, 0.4) is 0 Å². The highest BCUT2D eigenvalue weighted by molar-refractivity contribution is 5.95. The molecular formula is C16H17N5O. The largest absolute Gasteiger partial charge is 0.342 e. The number of aryl methyl sites for hydroxylation is 2. The molecule has 6 heteroatoms. The van der Waals surface area contributed by atoms with Gasteiger partial charge in [-0.25, -0.2) is 4.98 Å². The van der Waals surface area contributed by atoms with Gasteiger partial charge in [-0.05, 0) is 25.0 Å². The molecule has 0 aromatic carbocycles. The summed E-state index contributed by atoms with van der Waals surface area (Å²) in [4.78, 5) is 16.2. The van der Waals surface area contributed by atoms with Crippen molar-refractivity contribution in [1.82, 2.24) is 19.3 Å². The first-order valence-corrected chi connectivity index (χ1v) is 7.38. The fraction of sp³-hybridized carbons (Fsp3) is 0.312. The van der Waals surface area contributed by atoms with Crippen molar-refractivity contribution in [3.05, 3.63) is 30.6 Å². The van der Waals surface area contributed by atoms with Gasteiger partial charge in [0.05, 0.1) is 11.2 Å². The van der Waals surface area contributed by atoms with Crippen LogP contribution in [0, 0.1) is 5.92 Å². The topological polar surface area (TPSA) is 64.7 Å². The number of fused-ring (bicyclic) bond motifs is 1. The number of aromatic nitrogens is 4. The molecule has 0 atom stereocenters. The summed E-state index contributed by atoms with van der Waals surface area (Å²) in [6, 6.07) is 5.97.